The summed E-state index contributed by atoms with van der Waals surface area (Å²) in [4.78, 5) is 36.7. The fraction of sp³-hybridized carbons (Fsp3) is 0.100. The van der Waals surface area contributed by atoms with E-state index in [0.717, 1.165) is 27.6 Å². The first-order valence-electron chi connectivity index (χ1n) is 9.08. The van der Waals surface area contributed by atoms with Gasteiger partial charge < -0.3 is 10.1 Å². The number of esters is 1. The zero-order valence-corrected chi connectivity index (χ0v) is 18.1. The smallest absolute Gasteiger partial charge is 0.337 e. The molecule has 1 amide bonds. The van der Waals surface area contributed by atoms with E-state index in [1.54, 1.807) is 24.3 Å². The third-order valence-electron chi connectivity index (χ3n) is 4.21. The van der Waals surface area contributed by atoms with Gasteiger partial charge in [-0.2, -0.15) is 4.52 Å². The number of halogens is 1. The summed E-state index contributed by atoms with van der Waals surface area (Å²) in [5.41, 5.74) is 0.898. The molecule has 4 aromatic rings. The van der Waals surface area contributed by atoms with Crippen LogP contribution < -0.4 is 10.9 Å². The van der Waals surface area contributed by atoms with Crippen molar-refractivity contribution in [2.24, 2.45) is 0 Å². The summed E-state index contributed by atoms with van der Waals surface area (Å²) in [6.07, 6.45) is 0. The van der Waals surface area contributed by atoms with Gasteiger partial charge in [-0.25, -0.2) is 9.18 Å². The highest BCUT2D eigenvalue weighted by atomic mass is 32.2. The van der Waals surface area contributed by atoms with E-state index in [4.69, 9.17) is 0 Å². The van der Waals surface area contributed by atoms with E-state index < -0.39 is 17.3 Å². The molecule has 2 aromatic heterocycles. The summed E-state index contributed by atoms with van der Waals surface area (Å²) < 4.78 is 19.3. The van der Waals surface area contributed by atoms with Crippen molar-refractivity contribution < 1.29 is 18.7 Å². The van der Waals surface area contributed by atoms with Crippen molar-refractivity contribution in [1.82, 2.24) is 19.8 Å². The molecule has 4 rings (SSSR count). The molecule has 0 spiro atoms. The third-order valence-corrected chi connectivity index (χ3v) is 6.24. The Morgan fingerprint density at radius 3 is 2.53 bits per heavy atom. The Hall–Kier alpha value is -3.64. The number of nitrogens with one attached hydrogen (secondary N) is 1. The largest absolute Gasteiger partial charge is 0.465 e. The molecule has 0 aliphatic rings. The highest BCUT2D eigenvalue weighted by Gasteiger charge is 2.15. The average Bonchev–Trinajstić information content (AvgIpc) is 3.23. The van der Waals surface area contributed by atoms with Crippen LogP contribution in [-0.2, 0) is 9.53 Å². The Kier molecular flexibility index (Phi) is 6.23. The number of carbonyl (C=O) groups excluding carboxylic acids is 2. The number of aromatic nitrogens is 4. The molecular formula is C20H14FN5O4S2. The van der Waals surface area contributed by atoms with Gasteiger partial charge in [0, 0.05) is 11.3 Å². The molecule has 0 unspecified atom stereocenters. The van der Waals surface area contributed by atoms with Crippen molar-refractivity contribution in [1.29, 1.82) is 0 Å². The monoisotopic (exact) mass is 471 g/mol. The fourth-order valence-electron chi connectivity index (χ4n) is 2.68. The molecule has 0 radical (unpaired) electrons. The molecule has 162 valence electrons. The Morgan fingerprint density at radius 1 is 1.12 bits per heavy atom. The lowest BCUT2D eigenvalue weighted by Gasteiger charge is -2.05. The van der Waals surface area contributed by atoms with E-state index in [-0.39, 0.29) is 22.3 Å². The van der Waals surface area contributed by atoms with Gasteiger partial charge in [0.1, 0.15) is 5.82 Å². The Balaban J connectivity index is 1.43. The molecule has 1 N–H and O–H groups in total. The number of carbonyl (C=O) groups is 2. The zero-order chi connectivity index (χ0) is 22.7. The second kappa shape index (κ2) is 9.24. The summed E-state index contributed by atoms with van der Waals surface area (Å²) in [7, 11) is 1.29. The van der Waals surface area contributed by atoms with Gasteiger partial charge in [0.25, 0.3) is 0 Å². The molecule has 2 heterocycles. The van der Waals surface area contributed by atoms with Gasteiger partial charge in [-0.15, -0.1) is 15.3 Å². The zero-order valence-electron chi connectivity index (χ0n) is 16.4. The molecule has 0 aliphatic heterocycles. The van der Waals surface area contributed by atoms with Crippen LogP contribution in [0.4, 0.5) is 10.1 Å². The van der Waals surface area contributed by atoms with Gasteiger partial charge in [0.2, 0.25) is 10.9 Å². The highest BCUT2D eigenvalue weighted by molar-refractivity contribution is 8.01. The van der Waals surface area contributed by atoms with Crippen molar-refractivity contribution in [3.8, 4) is 11.3 Å². The van der Waals surface area contributed by atoms with Crippen LogP contribution in [0.25, 0.3) is 16.2 Å². The topological polar surface area (TPSA) is 116 Å². The maximum absolute atomic E-state index is 13.1. The number of ether oxygens (including phenoxy) is 1. The average molecular weight is 471 g/mol. The van der Waals surface area contributed by atoms with E-state index >= 15 is 0 Å². The summed E-state index contributed by atoms with van der Waals surface area (Å²) in [5, 5.41) is 14.9. The molecule has 0 aliphatic carbocycles. The Labute approximate surface area is 188 Å². The minimum atomic E-state index is -0.486. The van der Waals surface area contributed by atoms with Gasteiger partial charge in [-0.1, -0.05) is 23.1 Å². The number of anilines is 1. The molecule has 9 nitrogen and oxygen atoms in total. The molecule has 0 saturated heterocycles. The quantitative estimate of drug-likeness (QED) is 0.337. The summed E-state index contributed by atoms with van der Waals surface area (Å²) >= 11 is 2.27. The predicted octanol–water partition coefficient (Wildman–Crippen LogP) is 2.87. The van der Waals surface area contributed by atoms with E-state index in [0.29, 0.717) is 21.2 Å². The number of hydrogen-bond acceptors (Lipinski definition) is 9. The van der Waals surface area contributed by atoms with Crippen molar-refractivity contribution in [2.45, 2.75) is 4.34 Å². The number of nitrogens with zero attached hydrogens (tertiary/aromatic N) is 4. The van der Waals surface area contributed by atoms with Crippen molar-refractivity contribution in [3.05, 3.63) is 70.3 Å². The lowest BCUT2D eigenvalue weighted by Crippen LogP contribution is -2.19. The maximum atomic E-state index is 13.1. The Bertz CT molecular complexity index is 1350. The van der Waals surface area contributed by atoms with Crippen LogP contribution in [0.5, 0.6) is 0 Å². The van der Waals surface area contributed by atoms with Crippen molar-refractivity contribution in [2.75, 3.05) is 18.2 Å². The van der Waals surface area contributed by atoms with Gasteiger partial charge in [-0.3, -0.25) is 9.59 Å². The van der Waals surface area contributed by atoms with Gasteiger partial charge in [-0.05, 0) is 48.5 Å². The van der Waals surface area contributed by atoms with Crippen molar-refractivity contribution in [3.63, 3.8) is 0 Å². The lowest BCUT2D eigenvalue weighted by molar-refractivity contribution is -0.113. The second-order valence-corrected chi connectivity index (χ2v) is 8.51. The first-order valence-corrected chi connectivity index (χ1v) is 10.9. The van der Waals surface area contributed by atoms with Crippen molar-refractivity contribution >= 4 is 45.6 Å². The first kappa shape index (κ1) is 21.6. The standard InChI is InChI=1S/C20H14FN5O4S2/c1-30-18(29)12-4-8-14(9-5-12)22-15(27)10-31-20-25-26-17(28)16(23-24-19(26)32-20)11-2-6-13(21)7-3-11/h2-9H,10H2,1H3,(H,22,27). The molecule has 2 aromatic carbocycles. The van der Waals surface area contributed by atoms with Gasteiger partial charge >= 0.3 is 11.5 Å². The Morgan fingerprint density at radius 2 is 1.84 bits per heavy atom. The first-order chi connectivity index (χ1) is 15.4. The summed E-state index contributed by atoms with van der Waals surface area (Å²) in [6, 6.07) is 11.6. The number of hydrogen-bond donors (Lipinski definition) is 1. The minimum Gasteiger partial charge on any atom is -0.465 e. The number of amides is 1. The number of rotatable bonds is 6. The summed E-state index contributed by atoms with van der Waals surface area (Å²) in [5.74, 6) is -1.13. The van der Waals surface area contributed by atoms with Crippen LogP contribution in [0.3, 0.4) is 0 Å². The van der Waals surface area contributed by atoms with Gasteiger partial charge in [0.15, 0.2) is 10.0 Å². The van der Waals surface area contributed by atoms with E-state index in [2.05, 4.69) is 25.3 Å². The van der Waals surface area contributed by atoms with Crippen LogP contribution in [0.1, 0.15) is 10.4 Å². The van der Waals surface area contributed by atoms with Crippen LogP contribution in [-0.4, -0.2) is 44.6 Å². The second-order valence-electron chi connectivity index (χ2n) is 6.33. The van der Waals surface area contributed by atoms with E-state index in [1.165, 1.54) is 31.4 Å². The molecule has 0 saturated carbocycles. The number of thioether (sulfide) groups is 1. The molecule has 32 heavy (non-hydrogen) atoms. The number of benzene rings is 2. The van der Waals surface area contributed by atoms with Crippen LogP contribution in [0.2, 0.25) is 0 Å². The lowest BCUT2D eigenvalue weighted by atomic mass is 10.2. The number of fused-ring (bicyclic) bond motifs is 1. The molecule has 0 atom stereocenters. The van der Waals surface area contributed by atoms with Crippen LogP contribution >= 0.6 is 23.1 Å². The maximum Gasteiger partial charge on any atom is 0.337 e. The van der Waals surface area contributed by atoms with Crippen LogP contribution in [0.15, 0.2) is 57.7 Å². The fourth-order valence-corrected chi connectivity index (χ4v) is 4.35. The van der Waals surface area contributed by atoms with E-state index in [1.807, 2.05) is 0 Å². The molecular weight excluding hydrogens is 457 g/mol. The van der Waals surface area contributed by atoms with Crippen LogP contribution in [0, 0.1) is 5.82 Å². The molecule has 0 bridgehead atoms. The predicted molar refractivity (Wildman–Crippen MR) is 117 cm³/mol. The SMILES string of the molecule is COC(=O)c1ccc(NC(=O)CSc2nn3c(=O)c(-c4ccc(F)cc4)nnc3s2)cc1. The van der Waals surface area contributed by atoms with Gasteiger partial charge in [0.05, 0.1) is 18.4 Å². The minimum absolute atomic E-state index is 0.0472. The normalized spacial score (nSPS) is 10.8. The number of methoxy groups -OCH3 is 1. The molecule has 0 fully saturated rings. The molecule has 12 heteroatoms. The summed E-state index contributed by atoms with van der Waals surface area (Å²) in [6.45, 7) is 0. The highest BCUT2D eigenvalue weighted by Crippen LogP contribution is 2.24. The third kappa shape index (κ3) is 4.65. The van der Waals surface area contributed by atoms with E-state index in [9.17, 15) is 18.8 Å².